The SMILES string of the molecule is CCNC(=NCC1(SC)CCOCC1)NCCCN(CC)c1ccccc1. The van der Waals surface area contributed by atoms with Crippen LogP contribution in [0.25, 0.3) is 0 Å². The molecule has 5 nitrogen and oxygen atoms in total. The van der Waals surface area contributed by atoms with Crippen molar-refractivity contribution in [2.75, 3.05) is 57.1 Å². The molecule has 0 spiro atoms. The van der Waals surface area contributed by atoms with Gasteiger partial charge in [0.1, 0.15) is 0 Å². The quantitative estimate of drug-likeness (QED) is 0.363. The number of nitrogens with one attached hydrogen (secondary N) is 2. The van der Waals surface area contributed by atoms with E-state index >= 15 is 0 Å². The summed E-state index contributed by atoms with van der Waals surface area (Å²) in [6, 6.07) is 10.6. The summed E-state index contributed by atoms with van der Waals surface area (Å²) in [5.41, 5.74) is 1.29. The van der Waals surface area contributed by atoms with Crippen molar-refractivity contribution in [3.05, 3.63) is 30.3 Å². The minimum Gasteiger partial charge on any atom is -0.381 e. The van der Waals surface area contributed by atoms with Gasteiger partial charge in [0.05, 0.1) is 6.54 Å². The highest BCUT2D eigenvalue weighted by molar-refractivity contribution is 8.00. The Hall–Kier alpha value is -1.40. The van der Waals surface area contributed by atoms with Crippen molar-refractivity contribution in [3.63, 3.8) is 0 Å². The van der Waals surface area contributed by atoms with E-state index in [-0.39, 0.29) is 4.75 Å². The second kappa shape index (κ2) is 12.1. The fourth-order valence-electron chi connectivity index (χ4n) is 3.32. The van der Waals surface area contributed by atoms with Crippen LogP contribution >= 0.6 is 11.8 Å². The molecule has 1 aliphatic rings. The zero-order valence-electron chi connectivity index (χ0n) is 17.2. The number of rotatable bonds is 10. The second-order valence-electron chi connectivity index (χ2n) is 6.89. The van der Waals surface area contributed by atoms with E-state index in [1.54, 1.807) is 0 Å². The van der Waals surface area contributed by atoms with Crippen LogP contribution in [0.15, 0.2) is 35.3 Å². The molecule has 0 radical (unpaired) electrons. The van der Waals surface area contributed by atoms with E-state index in [1.807, 2.05) is 11.8 Å². The van der Waals surface area contributed by atoms with E-state index in [1.165, 1.54) is 5.69 Å². The molecular weight excluding hydrogens is 356 g/mol. The van der Waals surface area contributed by atoms with Crippen LogP contribution in [0.2, 0.25) is 0 Å². The summed E-state index contributed by atoms with van der Waals surface area (Å²) in [5, 5.41) is 6.89. The van der Waals surface area contributed by atoms with Crippen molar-refractivity contribution in [2.45, 2.75) is 37.9 Å². The van der Waals surface area contributed by atoms with Gasteiger partial charge in [-0.05, 0) is 51.5 Å². The normalized spacial score (nSPS) is 16.8. The van der Waals surface area contributed by atoms with E-state index in [0.717, 1.165) is 71.2 Å². The van der Waals surface area contributed by atoms with E-state index in [2.05, 4.69) is 66.0 Å². The first-order valence-corrected chi connectivity index (χ1v) is 11.4. The van der Waals surface area contributed by atoms with Gasteiger partial charge >= 0.3 is 0 Å². The lowest BCUT2D eigenvalue weighted by molar-refractivity contribution is 0.0794. The molecule has 1 heterocycles. The van der Waals surface area contributed by atoms with Crippen molar-refractivity contribution in [1.29, 1.82) is 0 Å². The maximum atomic E-state index is 5.53. The first kappa shape index (κ1) is 21.9. The lowest BCUT2D eigenvalue weighted by atomic mass is 9.99. The molecule has 152 valence electrons. The molecule has 1 aromatic rings. The number of hydrogen-bond acceptors (Lipinski definition) is 4. The number of nitrogens with zero attached hydrogens (tertiary/aromatic N) is 2. The lowest BCUT2D eigenvalue weighted by Gasteiger charge is -2.34. The summed E-state index contributed by atoms with van der Waals surface area (Å²) >= 11 is 1.94. The number of ether oxygens (including phenoxy) is 1. The molecule has 0 bridgehead atoms. The fourth-order valence-corrected chi connectivity index (χ4v) is 4.09. The van der Waals surface area contributed by atoms with Gasteiger partial charge in [-0.2, -0.15) is 11.8 Å². The van der Waals surface area contributed by atoms with Gasteiger partial charge < -0.3 is 20.3 Å². The monoisotopic (exact) mass is 392 g/mol. The number of guanidine groups is 1. The molecule has 1 fully saturated rings. The highest BCUT2D eigenvalue weighted by Crippen LogP contribution is 2.33. The second-order valence-corrected chi connectivity index (χ2v) is 8.16. The van der Waals surface area contributed by atoms with Crippen molar-refractivity contribution in [2.24, 2.45) is 4.99 Å². The van der Waals surface area contributed by atoms with Gasteiger partial charge in [-0.25, -0.2) is 0 Å². The molecule has 0 saturated carbocycles. The van der Waals surface area contributed by atoms with Crippen LogP contribution in [0.1, 0.15) is 33.1 Å². The molecule has 27 heavy (non-hydrogen) atoms. The Morgan fingerprint density at radius 1 is 1.19 bits per heavy atom. The number of thioether (sulfide) groups is 1. The Bertz CT molecular complexity index is 546. The van der Waals surface area contributed by atoms with Crippen LogP contribution < -0.4 is 15.5 Å². The third kappa shape index (κ3) is 7.26. The third-order valence-corrected chi connectivity index (χ3v) is 6.51. The standard InChI is InChI=1S/C21H36N4OS/c1-4-22-20(24-18-21(27-3)12-16-26-17-13-21)23-14-9-15-25(5-2)19-10-7-6-8-11-19/h6-8,10-11H,4-5,9,12-18H2,1-3H3,(H2,22,23,24). The van der Waals surface area contributed by atoms with Gasteiger partial charge in [0.15, 0.2) is 5.96 Å². The van der Waals surface area contributed by atoms with E-state index in [0.29, 0.717) is 0 Å². The predicted molar refractivity (Wildman–Crippen MR) is 119 cm³/mol. The van der Waals surface area contributed by atoms with Crippen molar-refractivity contribution < 1.29 is 4.74 Å². The van der Waals surface area contributed by atoms with Crippen LogP contribution in [0.4, 0.5) is 5.69 Å². The number of aliphatic imine (C=N–C) groups is 1. The van der Waals surface area contributed by atoms with Crippen LogP contribution in [0.3, 0.4) is 0 Å². The maximum Gasteiger partial charge on any atom is 0.191 e. The van der Waals surface area contributed by atoms with Crippen molar-refractivity contribution >= 4 is 23.4 Å². The Kier molecular flexibility index (Phi) is 9.84. The van der Waals surface area contributed by atoms with E-state index in [9.17, 15) is 0 Å². The Morgan fingerprint density at radius 2 is 1.93 bits per heavy atom. The zero-order chi connectivity index (χ0) is 19.4. The highest BCUT2D eigenvalue weighted by Gasteiger charge is 2.31. The third-order valence-electron chi connectivity index (χ3n) is 5.11. The van der Waals surface area contributed by atoms with Crippen LogP contribution in [-0.2, 0) is 4.74 Å². The molecule has 2 N–H and O–H groups in total. The van der Waals surface area contributed by atoms with Crippen LogP contribution in [0.5, 0.6) is 0 Å². The average Bonchev–Trinajstić information content (AvgIpc) is 2.73. The summed E-state index contributed by atoms with van der Waals surface area (Å²) in [6.45, 7) is 10.7. The smallest absolute Gasteiger partial charge is 0.191 e. The van der Waals surface area contributed by atoms with Crippen LogP contribution in [0, 0.1) is 0 Å². The topological polar surface area (TPSA) is 48.9 Å². The molecule has 6 heteroatoms. The van der Waals surface area contributed by atoms with Gasteiger partial charge in [-0.3, -0.25) is 4.99 Å². The summed E-state index contributed by atoms with van der Waals surface area (Å²) in [7, 11) is 0. The van der Waals surface area contributed by atoms with E-state index < -0.39 is 0 Å². The Morgan fingerprint density at radius 3 is 2.56 bits per heavy atom. The molecule has 0 unspecified atom stereocenters. The number of para-hydroxylation sites is 1. The van der Waals surface area contributed by atoms with Gasteiger partial charge in [-0.15, -0.1) is 0 Å². The molecule has 0 atom stereocenters. The van der Waals surface area contributed by atoms with Crippen molar-refractivity contribution in [3.8, 4) is 0 Å². The van der Waals surface area contributed by atoms with Gasteiger partial charge in [0.25, 0.3) is 0 Å². The maximum absolute atomic E-state index is 5.53. The Balaban J connectivity index is 1.81. The van der Waals surface area contributed by atoms with Gasteiger partial charge in [0.2, 0.25) is 0 Å². The average molecular weight is 393 g/mol. The van der Waals surface area contributed by atoms with Crippen LogP contribution in [-0.4, -0.2) is 62.9 Å². The van der Waals surface area contributed by atoms with Gasteiger partial charge in [0, 0.05) is 49.8 Å². The molecule has 1 aromatic carbocycles. The first-order valence-electron chi connectivity index (χ1n) is 10.2. The minimum atomic E-state index is 0.229. The molecule has 1 saturated heterocycles. The molecule has 0 aliphatic carbocycles. The van der Waals surface area contributed by atoms with Gasteiger partial charge in [-0.1, -0.05) is 18.2 Å². The minimum absolute atomic E-state index is 0.229. The molecule has 2 rings (SSSR count). The van der Waals surface area contributed by atoms with E-state index in [4.69, 9.17) is 9.73 Å². The summed E-state index contributed by atoms with van der Waals surface area (Å²) in [5.74, 6) is 0.931. The number of anilines is 1. The molecular formula is C21H36N4OS. The molecule has 1 aliphatic heterocycles. The van der Waals surface area contributed by atoms with Crippen molar-refractivity contribution in [1.82, 2.24) is 10.6 Å². The Labute approximate surface area is 169 Å². The highest BCUT2D eigenvalue weighted by atomic mass is 32.2. The predicted octanol–water partition coefficient (Wildman–Crippen LogP) is 3.37. The lowest BCUT2D eigenvalue weighted by Crippen LogP contribution is -2.41. The zero-order valence-corrected chi connectivity index (χ0v) is 18.0. The fraction of sp³-hybridized carbons (Fsp3) is 0.667. The number of benzene rings is 1. The summed E-state index contributed by atoms with van der Waals surface area (Å²) in [6.07, 6.45) is 5.44. The molecule has 0 amide bonds. The molecule has 0 aromatic heterocycles. The first-order chi connectivity index (χ1) is 13.2. The number of hydrogen-bond donors (Lipinski definition) is 2. The largest absolute Gasteiger partial charge is 0.381 e. The summed E-state index contributed by atoms with van der Waals surface area (Å²) < 4.78 is 5.76. The summed E-state index contributed by atoms with van der Waals surface area (Å²) in [4.78, 5) is 7.29.